The van der Waals surface area contributed by atoms with E-state index in [9.17, 15) is 4.39 Å². The lowest BCUT2D eigenvalue weighted by molar-refractivity contribution is 0.290. The third kappa shape index (κ3) is 3.19. The van der Waals surface area contributed by atoms with E-state index in [4.69, 9.17) is 19.9 Å². The van der Waals surface area contributed by atoms with Gasteiger partial charge < -0.3 is 9.26 Å². The molecule has 3 rings (SSSR count). The molecule has 6 heteroatoms. The molecule has 3 aromatic rings. The molecule has 0 aliphatic heterocycles. The van der Waals surface area contributed by atoms with E-state index in [0.717, 1.165) is 0 Å². The molecule has 0 amide bonds. The van der Waals surface area contributed by atoms with Crippen molar-refractivity contribution in [3.05, 3.63) is 71.2 Å². The molecule has 0 saturated carbocycles. The van der Waals surface area contributed by atoms with Gasteiger partial charge in [0.1, 0.15) is 23.9 Å². The lowest BCUT2D eigenvalue weighted by Gasteiger charge is -2.06. The van der Waals surface area contributed by atoms with Crippen LogP contribution >= 0.6 is 0 Å². The number of benzene rings is 1. The van der Waals surface area contributed by atoms with E-state index < -0.39 is 12.7 Å². The van der Waals surface area contributed by atoms with Gasteiger partial charge in [0.15, 0.2) is 0 Å². The number of rotatable bonds is 4. The van der Waals surface area contributed by atoms with Crippen molar-refractivity contribution in [3.63, 3.8) is 0 Å². The van der Waals surface area contributed by atoms with E-state index in [-0.39, 0.29) is 29.5 Å². The molecule has 2 heterocycles. The number of hydrogen-bond donors (Lipinski definition) is 0. The Labute approximate surface area is 136 Å². The summed E-state index contributed by atoms with van der Waals surface area (Å²) >= 11 is 0. The van der Waals surface area contributed by atoms with Crippen molar-refractivity contribution in [2.75, 3.05) is 0 Å². The maximum atomic E-state index is 13.1. The van der Waals surface area contributed by atoms with Crippen LogP contribution in [0.4, 0.5) is 10.1 Å². The molecular formula is C17H12FN3O2. The first-order valence-electron chi connectivity index (χ1n) is 8.10. The molecule has 0 bridgehead atoms. The van der Waals surface area contributed by atoms with Crippen molar-refractivity contribution in [2.45, 2.75) is 13.5 Å². The molecule has 1 aromatic carbocycles. The quantitative estimate of drug-likeness (QED) is 0.673. The van der Waals surface area contributed by atoms with E-state index >= 15 is 0 Å². The minimum Gasteiger partial charge on any atom is -0.473 e. The standard InChI is InChI=1S/C17H12FN3O2/c1-11-15(10-22-16-8-7-14(19-2)9-20-16)17(21-23-11)12-3-5-13(18)6-4-12/h3-9H,10H2,1H3/i1D3. The molecule has 23 heavy (non-hydrogen) atoms. The highest BCUT2D eigenvalue weighted by molar-refractivity contribution is 5.63. The van der Waals surface area contributed by atoms with Crippen LogP contribution in [0.25, 0.3) is 16.1 Å². The van der Waals surface area contributed by atoms with Crippen LogP contribution in [0.2, 0.25) is 0 Å². The number of ether oxygens (including phenoxy) is 1. The first-order chi connectivity index (χ1) is 12.4. The Balaban J connectivity index is 1.93. The Bertz CT molecular complexity index is 945. The van der Waals surface area contributed by atoms with Crippen LogP contribution in [0, 0.1) is 19.2 Å². The van der Waals surface area contributed by atoms with Gasteiger partial charge in [0, 0.05) is 15.9 Å². The minimum absolute atomic E-state index is 0.158. The summed E-state index contributed by atoms with van der Waals surface area (Å²) in [6.07, 6.45) is 1.35. The number of aryl methyl sites for hydroxylation is 1. The molecule has 2 aromatic heterocycles. The molecule has 0 unspecified atom stereocenters. The zero-order valence-corrected chi connectivity index (χ0v) is 11.8. The molecule has 114 valence electrons. The molecule has 0 aliphatic carbocycles. The van der Waals surface area contributed by atoms with Gasteiger partial charge in [-0.05, 0) is 43.3 Å². The number of aromatic nitrogens is 2. The molecule has 0 saturated heterocycles. The van der Waals surface area contributed by atoms with Crippen LogP contribution in [-0.4, -0.2) is 10.1 Å². The van der Waals surface area contributed by atoms with Gasteiger partial charge in [0.05, 0.1) is 12.1 Å². The first kappa shape index (κ1) is 11.4. The second-order valence-electron chi connectivity index (χ2n) is 4.60. The van der Waals surface area contributed by atoms with Crippen molar-refractivity contribution >= 4 is 5.69 Å². The number of halogens is 1. The SMILES string of the molecule is [2H]C([2H])([2H])c1onc(-c2ccc(F)cc2)c1COc1ccc([N+]#[C-])cn1. The van der Waals surface area contributed by atoms with Gasteiger partial charge in [0.25, 0.3) is 0 Å². The molecule has 5 nitrogen and oxygen atoms in total. The topological polar surface area (TPSA) is 52.5 Å². The van der Waals surface area contributed by atoms with Gasteiger partial charge >= 0.3 is 0 Å². The smallest absolute Gasteiger partial charge is 0.210 e. The molecule has 0 spiro atoms. The number of pyridine rings is 1. The Hall–Kier alpha value is -3.20. The van der Waals surface area contributed by atoms with Gasteiger partial charge in [-0.1, -0.05) is 5.16 Å². The van der Waals surface area contributed by atoms with Gasteiger partial charge in [-0.3, -0.25) is 0 Å². The van der Waals surface area contributed by atoms with Crippen LogP contribution < -0.4 is 4.74 Å². The minimum atomic E-state index is -2.52. The second-order valence-corrected chi connectivity index (χ2v) is 4.60. The van der Waals surface area contributed by atoms with Crippen molar-refractivity contribution in [3.8, 4) is 17.1 Å². The molecule has 0 fully saturated rings. The maximum absolute atomic E-state index is 13.1. The fourth-order valence-corrected chi connectivity index (χ4v) is 1.95. The monoisotopic (exact) mass is 312 g/mol. The zero-order chi connectivity index (χ0) is 18.7. The summed E-state index contributed by atoms with van der Waals surface area (Å²) in [7, 11) is 0. The van der Waals surface area contributed by atoms with Crippen LogP contribution in [0.15, 0.2) is 47.1 Å². The summed E-state index contributed by atoms with van der Waals surface area (Å²) in [5.74, 6) is -0.495. The average Bonchev–Trinajstić information content (AvgIpc) is 3.05. The highest BCUT2D eigenvalue weighted by atomic mass is 19.1. The van der Waals surface area contributed by atoms with Crippen molar-refractivity contribution in [1.29, 1.82) is 0 Å². The van der Waals surface area contributed by atoms with Crippen LogP contribution in [0.5, 0.6) is 5.88 Å². The van der Waals surface area contributed by atoms with Crippen LogP contribution in [0.3, 0.4) is 0 Å². The molecule has 0 N–H and O–H groups in total. The number of nitrogens with zero attached hydrogens (tertiary/aromatic N) is 3. The highest BCUT2D eigenvalue weighted by Gasteiger charge is 2.15. The van der Waals surface area contributed by atoms with Crippen LogP contribution in [-0.2, 0) is 6.61 Å². The summed E-state index contributed by atoms with van der Waals surface area (Å²) in [6.45, 7) is 4.22. The third-order valence-electron chi connectivity index (χ3n) is 3.12. The van der Waals surface area contributed by atoms with E-state index in [1.807, 2.05) is 0 Å². The normalized spacial score (nSPS) is 12.8. The second kappa shape index (κ2) is 6.28. The lowest BCUT2D eigenvalue weighted by Crippen LogP contribution is -1.99. The number of hydrogen-bond acceptors (Lipinski definition) is 4. The summed E-state index contributed by atoms with van der Waals surface area (Å²) in [6, 6.07) is 8.48. The Morgan fingerprint density at radius 2 is 2.13 bits per heavy atom. The predicted molar refractivity (Wildman–Crippen MR) is 81.5 cm³/mol. The van der Waals surface area contributed by atoms with Crippen molar-refractivity contribution < 1.29 is 17.8 Å². The van der Waals surface area contributed by atoms with Gasteiger partial charge in [0.2, 0.25) is 11.6 Å². The summed E-state index contributed by atoms with van der Waals surface area (Å²) in [4.78, 5) is 7.21. The molecular weight excluding hydrogens is 297 g/mol. The fraction of sp³-hybridized carbons (Fsp3) is 0.118. The maximum Gasteiger partial charge on any atom is 0.210 e. The molecule has 0 atom stereocenters. The largest absolute Gasteiger partial charge is 0.473 e. The Kier molecular flexibility index (Phi) is 3.11. The lowest BCUT2D eigenvalue weighted by atomic mass is 10.1. The Morgan fingerprint density at radius 3 is 2.78 bits per heavy atom. The van der Waals surface area contributed by atoms with Gasteiger partial charge in [-0.2, -0.15) is 0 Å². The molecule has 0 radical (unpaired) electrons. The van der Waals surface area contributed by atoms with Crippen molar-refractivity contribution in [2.24, 2.45) is 0 Å². The Morgan fingerprint density at radius 1 is 1.30 bits per heavy atom. The fourth-order valence-electron chi connectivity index (χ4n) is 1.95. The third-order valence-corrected chi connectivity index (χ3v) is 3.12. The summed E-state index contributed by atoms with van der Waals surface area (Å²) in [5, 5.41) is 3.82. The summed E-state index contributed by atoms with van der Waals surface area (Å²) < 4.78 is 46.5. The van der Waals surface area contributed by atoms with E-state index in [1.54, 1.807) is 0 Å². The summed E-state index contributed by atoms with van der Waals surface area (Å²) in [5.41, 5.74) is 1.35. The van der Waals surface area contributed by atoms with Gasteiger partial charge in [-0.15, -0.1) is 0 Å². The van der Waals surface area contributed by atoms with E-state index in [2.05, 4.69) is 15.0 Å². The van der Waals surface area contributed by atoms with E-state index in [0.29, 0.717) is 11.3 Å². The van der Waals surface area contributed by atoms with Gasteiger partial charge in [-0.25, -0.2) is 14.2 Å². The average molecular weight is 312 g/mol. The predicted octanol–water partition coefficient (Wildman–Crippen LogP) is 4.31. The van der Waals surface area contributed by atoms with E-state index in [1.165, 1.54) is 42.6 Å². The molecule has 0 aliphatic rings. The highest BCUT2D eigenvalue weighted by Crippen LogP contribution is 2.26. The first-order valence-corrected chi connectivity index (χ1v) is 6.60. The zero-order valence-electron chi connectivity index (χ0n) is 14.8. The van der Waals surface area contributed by atoms with Crippen molar-refractivity contribution in [1.82, 2.24) is 10.1 Å². The van der Waals surface area contributed by atoms with Crippen LogP contribution in [0.1, 0.15) is 15.4 Å².